The molecule has 0 spiro atoms. The molecule has 0 saturated carbocycles. The van der Waals surface area contributed by atoms with Crippen molar-refractivity contribution in [2.24, 2.45) is 5.73 Å². The number of thiophene rings is 1. The Hall–Kier alpha value is -0.820. The summed E-state index contributed by atoms with van der Waals surface area (Å²) >= 11 is 7.42. The Bertz CT molecular complexity index is 553. The van der Waals surface area contributed by atoms with Crippen LogP contribution in [0.1, 0.15) is 43.4 Å². The average Bonchev–Trinajstić information content (AvgIpc) is 2.98. The van der Waals surface area contributed by atoms with Gasteiger partial charge in [0.2, 0.25) is 11.8 Å². The van der Waals surface area contributed by atoms with Crippen molar-refractivity contribution in [3.63, 3.8) is 0 Å². The number of amides is 2. The number of carbonyl (C=O) groups excluding carboxylic acids is 2. The molecule has 0 bridgehead atoms. The average molecular weight is 394 g/mol. The van der Waals surface area contributed by atoms with Crippen LogP contribution in [0.25, 0.3) is 0 Å². The van der Waals surface area contributed by atoms with Gasteiger partial charge >= 0.3 is 0 Å². The Morgan fingerprint density at radius 3 is 2.83 bits per heavy atom. The number of carbonyl (C=O) groups is 2. The lowest BCUT2D eigenvalue weighted by Gasteiger charge is -2.37. The molecule has 1 aromatic rings. The van der Waals surface area contributed by atoms with Crippen molar-refractivity contribution in [1.29, 1.82) is 0 Å². The molecular formula is C16H25Cl2N3O2S. The third kappa shape index (κ3) is 5.62. The monoisotopic (exact) mass is 393 g/mol. The summed E-state index contributed by atoms with van der Waals surface area (Å²) in [6, 6.07) is 3.81. The minimum Gasteiger partial charge on any atom is -0.354 e. The van der Waals surface area contributed by atoms with E-state index in [-0.39, 0.29) is 36.2 Å². The summed E-state index contributed by atoms with van der Waals surface area (Å²) in [6.07, 6.45) is 3.34. The number of halogens is 2. The lowest BCUT2D eigenvalue weighted by Crippen LogP contribution is -2.50. The molecule has 1 fully saturated rings. The van der Waals surface area contributed by atoms with Crippen molar-refractivity contribution in [2.45, 2.75) is 44.6 Å². The highest BCUT2D eigenvalue weighted by molar-refractivity contribution is 7.16. The summed E-state index contributed by atoms with van der Waals surface area (Å²) in [4.78, 5) is 27.4. The third-order valence-electron chi connectivity index (χ3n) is 4.21. The number of nitrogens with one attached hydrogen (secondary N) is 1. The Balaban J connectivity index is 0.00000288. The molecule has 2 heterocycles. The van der Waals surface area contributed by atoms with Crippen molar-refractivity contribution in [3.05, 3.63) is 21.3 Å². The van der Waals surface area contributed by atoms with E-state index in [1.165, 1.54) is 11.3 Å². The molecule has 136 valence electrons. The second-order valence-electron chi connectivity index (χ2n) is 5.89. The number of nitrogens with two attached hydrogens (primary N) is 1. The van der Waals surface area contributed by atoms with Gasteiger partial charge in [0, 0.05) is 37.0 Å². The van der Waals surface area contributed by atoms with Gasteiger partial charge in [0.25, 0.3) is 0 Å². The lowest BCUT2D eigenvalue weighted by atomic mass is 9.99. The Morgan fingerprint density at radius 1 is 1.46 bits per heavy atom. The molecule has 24 heavy (non-hydrogen) atoms. The van der Waals surface area contributed by atoms with Gasteiger partial charge in [-0.3, -0.25) is 9.59 Å². The molecule has 3 N–H and O–H groups in total. The molecule has 0 aromatic carbocycles. The number of piperidine rings is 1. The van der Waals surface area contributed by atoms with Gasteiger partial charge in [0.05, 0.1) is 10.3 Å². The molecule has 8 heteroatoms. The number of nitrogens with zero attached hydrogens (tertiary/aromatic N) is 1. The SMILES string of the molecule is CC(C(=O)N1CCCCC1CNC(=O)CCN)c1ccc(Cl)s1.Cl. The second-order valence-corrected chi connectivity index (χ2v) is 7.63. The fourth-order valence-corrected chi connectivity index (χ4v) is 3.99. The molecule has 1 aliphatic heterocycles. The summed E-state index contributed by atoms with van der Waals surface area (Å²) in [5.41, 5.74) is 5.38. The molecule has 1 saturated heterocycles. The summed E-state index contributed by atoms with van der Waals surface area (Å²) in [5, 5.41) is 2.89. The maximum Gasteiger partial charge on any atom is 0.230 e. The van der Waals surface area contributed by atoms with E-state index >= 15 is 0 Å². The highest BCUT2D eigenvalue weighted by Crippen LogP contribution is 2.30. The van der Waals surface area contributed by atoms with Gasteiger partial charge in [-0.15, -0.1) is 23.7 Å². The van der Waals surface area contributed by atoms with Crippen LogP contribution in [0, 0.1) is 0 Å². The molecule has 1 aliphatic rings. The fourth-order valence-electron chi connectivity index (χ4n) is 2.89. The number of hydrogen-bond donors (Lipinski definition) is 2. The van der Waals surface area contributed by atoms with Crippen molar-refractivity contribution in [1.82, 2.24) is 10.2 Å². The zero-order chi connectivity index (χ0) is 16.8. The predicted molar refractivity (Wildman–Crippen MR) is 101 cm³/mol. The molecule has 2 atom stereocenters. The van der Waals surface area contributed by atoms with Crippen molar-refractivity contribution in [3.8, 4) is 0 Å². The second kappa shape index (κ2) is 10.2. The topological polar surface area (TPSA) is 75.4 Å². The van der Waals surface area contributed by atoms with Crippen LogP contribution < -0.4 is 11.1 Å². The van der Waals surface area contributed by atoms with Crippen LogP contribution in [0.3, 0.4) is 0 Å². The van der Waals surface area contributed by atoms with Crippen LogP contribution in [0.4, 0.5) is 0 Å². The zero-order valence-electron chi connectivity index (χ0n) is 13.8. The standard InChI is InChI=1S/C16H24ClN3O2S.ClH/c1-11(13-5-6-14(17)23-13)16(22)20-9-3-2-4-12(20)10-19-15(21)7-8-18;/h5-6,11-12H,2-4,7-10,18H2,1H3,(H,19,21);1H. The summed E-state index contributed by atoms with van der Waals surface area (Å²) in [5.74, 6) is -0.141. The van der Waals surface area contributed by atoms with Crippen LogP contribution >= 0.6 is 35.3 Å². The van der Waals surface area contributed by atoms with E-state index in [1.807, 2.05) is 24.0 Å². The summed E-state index contributed by atoms with van der Waals surface area (Å²) in [6.45, 7) is 3.51. The van der Waals surface area contributed by atoms with Crippen molar-refractivity contribution >= 4 is 47.2 Å². The first-order chi connectivity index (χ1) is 11.0. The molecule has 0 radical (unpaired) electrons. The van der Waals surface area contributed by atoms with Gasteiger partial charge in [0.1, 0.15) is 0 Å². The van der Waals surface area contributed by atoms with E-state index in [1.54, 1.807) is 0 Å². The summed E-state index contributed by atoms with van der Waals surface area (Å²) in [7, 11) is 0. The van der Waals surface area contributed by atoms with E-state index in [4.69, 9.17) is 17.3 Å². The largest absolute Gasteiger partial charge is 0.354 e. The first kappa shape index (κ1) is 21.2. The summed E-state index contributed by atoms with van der Waals surface area (Å²) < 4.78 is 0.698. The quantitative estimate of drug-likeness (QED) is 0.779. The van der Waals surface area contributed by atoms with Gasteiger partial charge in [-0.25, -0.2) is 0 Å². The smallest absolute Gasteiger partial charge is 0.230 e. The molecular weight excluding hydrogens is 369 g/mol. The van der Waals surface area contributed by atoms with Gasteiger partial charge in [-0.1, -0.05) is 11.6 Å². The maximum absolute atomic E-state index is 12.8. The van der Waals surface area contributed by atoms with Gasteiger partial charge in [-0.05, 0) is 38.3 Å². The zero-order valence-corrected chi connectivity index (χ0v) is 16.2. The minimum atomic E-state index is -0.201. The Morgan fingerprint density at radius 2 is 2.21 bits per heavy atom. The van der Waals surface area contributed by atoms with Gasteiger partial charge < -0.3 is 16.0 Å². The Kier molecular flexibility index (Phi) is 9.05. The highest BCUT2D eigenvalue weighted by Gasteiger charge is 2.30. The van der Waals surface area contributed by atoms with E-state index in [2.05, 4.69) is 5.32 Å². The predicted octanol–water partition coefficient (Wildman–Crippen LogP) is 2.77. The van der Waals surface area contributed by atoms with Crippen LogP contribution in [-0.4, -0.2) is 42.4 Å². The third-order valence-corrected chi connectivity index (χ3v) is 5.62. The molecule has 0 aliphatic carbocycles. The van der Waals surface area contributed by atoms with E-state index < -0.39 is 0 Å². The molecule has 2 amide bonds. The molecule has 5 nitrogen and oxygen atoms in total. The first-order valence-electron chi connectivity index (χ1n) is 8.05. The minimum absolute atomic E-state index is 0. The van der Waals surface area contributed by atoms with Crippen LogP contribution in [0.5, 0.6) is 0 Å². The van der Waals surface area contributed by atoms with Gasteiger partial charge in [-0.2, -0.15) is 0 Å². The maximum atomic E-state index is 12.8. The van der Waals surface area contributed by atoms with Gasteiger partial charge in [0.15, 0.2) is 0 Å². The van der Waals surface area contributed by atoms with Crippen molar-refractivity contribution in [2.75, 3.05) is 19.6 Å². The fraction of sp³-hybridized carbons (Fsp3) is 0.625. The lowest BCUT2D eigenvalue weighted by molar-refractivity contribution is -0.136. The number of rotatable bonds is 6. The van der Waals surface area contributed by atoms with E-state index in [0.29, 0.717) is 23.8 Å². The van der Waals surface area contributed by atoms with Crippen LogP contribution in [-0.2, 0) is 9.59 Å². The van der Waals surface area contributed by atoms with Crippen molar-refractivity contribution < 1.29 is 9.59 Å². The van der Waals surface area contributed by atoms with E-state index in [9.17, 15) is 9.59 Å². The van der Waals surface area contributed by atoms with Crippen LogP contribution in [0.15, 0.2) is 12.1 Å². The highest BCUT2D eigenvalue weighted by atomic mass is 35.5. The first-order valence-corrected chi connectivity index (χ1v) is 9.25. The normalized spacial score (nSPS) is 18.6. The number of likely N-dealkylation sites (tertiary alicyclic amines) is 1. The molecule has 2 unspecified atom stereocenters. The number of hydrogen-bond acceptors (Lipinski definition) is 4. The van der Waals surface area contributed by atoms with Crippen LogP contribution in [0.2, 0.25) is 4.34 Å². The molecule has 2 rings (SSSR count). The molecule has 1 aromatic heterocycles. The Labute approximate surface area is 158 Å². The van der Waals surface area contributed by atoms with E-state index in [0.717, 1.165) is 30.7 Å².